The maximum absolute atomic E-state index is 12.7. The van der Waals surface area contributed by atoms with Crippen molar-refractivity contribution in [2.45, 2.75) is 33.9 Å². The van der Waals surface area contributed by atoms with E-state index in [-0.39, 0.29) is 12.3 Å². The molecule has 0 aromatic heterocycles. The Balaban J connectivity index is 2.24. The Labute approximate surface area is 168 Å². The highest BCUT2D eigenvalue weighted by atomic mass is 19.3. The highest BCUT2D eigenvalue weighted by molar-refractivity contribution is 5.95. The lowest BCUT2D eigenvalue weighted by atomic mass is 10.1. The van der Waals surface area contributed by atoms with E-state index in [2.05, 4.69) is 10.1 Å². The number of rotatable bonds is 11. The van der Waals surface area contributed by atoms with Crippen molar-refractivity contribution in [2.24, 2.45) is 0 Å². The third kappa shape index (κ3) is 6.23. The molecule has 1 N–H and O–H groups in total. The molecular weight excluding hydrogens is 384 g/mol. The van der Waals surface area contributed by atoms with Gasteiger partial charge >= 0.3 is 6.61 Å². The predicted molar refractivity (Wildman–Crippen MR) is 104 cm³/mol. The predicted octanol–water partition coefficient (Wildman–Crippen LogP) is 4.41. The van der Waals surface area contributed by atoms with Crippen LogP contribution in [-0.2, 0) is 6.54 Å². The second kappa shape index (κ2) is 11.1. The van der Waals surface area contributed by atoms with Crippen LogP contribution in [0.2, 0.25) is 0 Å². The summed E-state index contributed by atoms with van der Waals surface area (Å²) >= 11 is 0. The molecule has 0 aliphatic rings. The summed E-state index contributed by atoms with van der Waals surface area (Å²) in [5.41, 5.74) is 0.731. The first kappa shape index (κ1) is 22.3. The fourth-order valence-electron chi connectivity index (χ4n) is 2.66. The number of amides is 1. The normalized spacial score (nSPS) is 10.6. The van der Waals surface area contributed by atoms with Crippen LogP contribution in [0.4, 0.5) is 8.78 Å². The number of hydrogen-bond donors (Lipinski definition) is 1. The molecule has 0 radical (unpaired) electrons. The lowest BCUT2D eigenvalue weighted by Crippen LogP contribution is -2.23. The molecule has 6 nitrogen and oxygen atoms in total. The fraction of sp³-hybridized carbons (Fsp3) is 0.381. The SMILES string of the molecule is CCOc1cc(C(=O)NCc2ccccc2OC(F)F)cc(OCC)c1OCC. The third-order valence-electron chi connectivity index (χ3n) is 3.80. The van der Waals surface area contributed by atoms with Crippen LogP contribution >= 0.6 is 0 Å². The molecule has 1 amide bonds. The Morgan fingerprint density at radius 2 is 1.52 bits per heavy atom. The molecule has 2 aromatic rings. The number of para-hydroxylation sites is 1. The standard InChI is InChI=1S/C21H25F2NO5/c1-4-26-17-11-15(12-18(27-5-2)19(17)28-6-3)20(25)24-13-14-9-7-8-10-16(14)29-21(22)23/h7-12,21H,4-6,13H2,1-3H3,(H,24,25). The van der Waals surface area contributed by atoms with Crippen molar-refractivity contribution < 1.29 is 32.5 Å². The van der Waals surface area contributed by atoms with E-state index in [4.69, 9.17) is 14.2 Å². The van der Waals surface area contributed by atoms with Crippen LogP contribution in [0, 0.1) is 0 Å². The maximum Gasteiger partial charge on any atom is 0.387 e. The summed E-state index contributed by atoms with van der Waals surface area (Å²) in [7, 11) is 0. The molecule has 0 spiro atoms. The molecular formula is C21H25F2NO5. The summed E-state index contributed by atoms with van der Waals surface area (Å²) in [6, 6.07) is 9.41. The molecule has 0 saturated carbocycles. The van der Waals surface area contributed by atoms with Gasteiger partial charge < -0.3 is 24.3 Å². The van der Waals surface area contributed by atoms with E-state index in [0.29, 0.717) is 48.2 Å². The zero-order valence-electron chi connectivity index (χ0n) is 16.7. The number of nitrogens with one attached hydrogen (secondary N) is 1. The molecule has 0 saturated heterocycles. The van der Waals surface area contributed by atoms with Gasteiger partial charge in [0.1, 0.15) is 5.75 Å². The van der Waals surface area contributed by atoms with Crippen molar-refractivity contribution in [1.82, 2.24) is 5.32 Å². The van der Waals surface area contributed by atoms with Crippen LogP contribution in [0.5, 0.6) is 23.0 Å². The molecule has 0 fully saturated rings. The third-order valence-corrected chi connectivity index (χ3v) is 3.80. The van der Waals surface area contributed by atoms with Crippen LogP contribution < -0.4 is 24.3 Å². The Morgan fingerprint density at radius 1 is 0.931 bits per heavy atom. The summed E-state index contributed by atoms with van der Waals surface area (Å²) in [6.45, 7) is 3.73. The topological polar surface area (TPSA) is 66.0 Å². The minimum absolute atomic E-state index is 0.0134. The summed E-state index contributed by atoms with van der Waals surface area (Å²) < 4.78 is 46.4. The monoisotopic (exact) mass is 409 g/mol. The number of benzene rings is 2. The highest BCUT2D eigenvalue weighted by Gasteiger charge is 2.19. The van der Waals surface area contributed by atoms with Crippen molar-refractivity contribution in [2.75, 3.05) is 19.8 Å². The molecule has 0 atom stereocenters. The number of carbonyl (C=O) groups is 1. The van der Waals surface area contributed by atoms with E-state index in [1.165, 1.54) is 6.07 Å². The number of carbonyl (C=O) groups excluding carboxylic acids is 1. The zero-order valence-corrected chi connectivity index (χ0v) is 16.7. The van der Waals surface area contributed by atoms with E-state index in [0.717, 1.165) is 0 Å². The Kier molecular flexibility index (Phi) is 8.51. The first-order chi connectivity index (χ1) is 14.0. The van der Waals surface area contributed by atoms with Crippen LogP contribution in [-0.4, -0.2) is 32.3 Å². The molecule has 158 valence electrons. The van der Waals surface area contributed by atoms with Gasteiger partial charge in [0.25, 0.3) is 5.91 Å². The molecule has 0 unspecified atom stereocenters. The van der Waals surface area contributed by atoms with Crippen molar-refractivity contribution in [1.29, 1.82) is 0 Å². The van der Waals surface area contributed by atoms with E-state index in [1.807, 2.05) is 20.8 Å². The largest absolute Gasteiger partial charge is 0.490 e. The zero-order chi connectivity index (χ0) is 21.2. The van der Waals surface area contributed by atoms with Gasteiger partial charge in [-0.1, -0.05) is 18.2 Å². The number of alkyl halides is 2. The minimum atomic E-state index is -2.94. The fourth-order valence-corrected chi connectivity index (χ4v) is 2.66. The quantitative estimate of drug-likeness (QED) is 0.595. The van der Waals surface area contributed by atoms with E-state index in [9.17, 15) is 13.6 Å². The van der Waals surface area contributed by atoms with Gasteiger partial charge in [0.05, 0.1) is 19.8 Å². The highest BCUT2D eigenvalue weighted by Crippen LogP contribution is 2.39. The summed E-state index contributed by atoms with van der Waals surface area (Å²) in [5, 5.41) is 2.70. The molecule has 8 heteroatoms. The van der Waals surface area contributed by atoms with Crippen LogP contribution in [0.1, 0.15) is 36.7 Å². The first-order valence-electron chi connectivity index (χ1n) is 9.37. The molecule has 2 aromatic carbocycles. The van der Waals surface area contributed by atoms with Crippen molar-refractivity contribution >= 4 is 5.91 Å². The van der Waals surface area contributed by atoms with Gasteiger partial charge in [0, 0.05) is 17.7 Å². The Morgan fingerprint density at radius 3 is 2.07 bits per heavy atom. The van der Waals surface area contributed by atoms with Gasteiger partial charge in [-0.25, -0.2) is 0 Å². The molecule has 0 aliphatic heterocycles. The van der Waals surface area contributed by atoms with Crippen molar-refractivity contribution in [3.8, 4) is 23.0 Å². The first-order valence-corrected chi connectivity index (χ1v) is 9.37. The van der Waals surface area contributed by atoms with Gasteiger partial charge in [-0.2, -0.15) is 8.78 Å². The summed E-state index contributed by atoms with van der Waals surface area (Å²) in [4.78, 5) is 12.7. The lowest BCUT2D eigenvalue weighted by molar-refractivity contribution is -0.0504. The number of hydrogen-bond acceptors (Lipinski definition) is 5. The van der Waals surface area contributed by atoms with Gasteiger partial charge in [-0.05, 0) is 39.0 Å². The van der Waals surface area contributed by atoms with E-state index < -0.39 is 12.5 Å². The number of halogens is 2. The molecule has 29 heavy (non-hydrogen) atoms. The molecule has 2 rings (SSSR count). The van der Waals surface area contributed by atoms with Gasteiger partial charge in [0.15, 0.2) is 11.5 Å². The Bertz CT molecular complexity index is 786. The van der Waals surface area contributed by atoms with E-state index >= 15 is 0 Å². The second-order valence-electron chi connectivity index (χ2n) is 5.77. The van der Waals surface area contributed by atoms with E-state index in [1.54, 1.807) is 30.3 Å². The average Bonchev–Trinajstić information content (AvgIpc) is 2.69. The second-order valence-corrected chi connectivity index (χ2v) is 5.77. The lowest BCUT2D eigenvalue weighted by Gasteiger charge is -2.17. The Hall–Kier alpha value is -3.03. The van der Waals surface area contributed by atoms with Crippen molar-refractivity contribution in [3.63, 3.8) is 0 Å². The minimum Gasteiger partial charge on any atom is -0.490 e. The smallest absolute Gasteiger partial charge is 0.387 e. The van der Waals surface area contributed by atoms with Crippen LogP contribution in [0.25, 0.3) is 0 Å². The summed E-state index contributed by atoms with van der Waals surface area (Å²) in [5.74, 6) is 0.823. The molecule has 0 aliphatic carbocycles. The molecule has 0 heterocycles. The molecule has 0 bridgehead atoms. The van der Waals surface area contributed by atoms with Crippen LogP contribution in [0.15, 0.2) is 36.4 Å². The van der Waals surface area contributed by atoms with Gasteiger partial charge in [-0.15, -0.1) is 0 Å². The average molecular weight is 409 g/mol. The van der Waals surface area contributed by atoms with Gasteiger partial charge in [0.2, 0.25) is 5.75 Å². The van der Waals surface area contributed by atoms with Crippen molar-refractivity contribution in [3.05, 3.63) is 47.5 Å². The van der Waals surface area contributed by atoms with Gasteiger partial charge in [-0.3, -0.25) is 4.79 Å². The van der Waals surface area contributed by atoms with Crippen LogP contribution in [0.3, 0.4) is 0 Å². The maximum atomic E-state index is 12.7. The number of ether oxygens (including phenoxy) is 4. The summed E-state index contributed by atoms with van der Waals surface area (Å²) in [6.07, 6.45) is 0.